The summed E-state index contributed by atoms with van der Waals surface area (Å²) in [6.45, 7) is 0. The van der Waals surface area contributed by atoms with E-state index in [-0.39, 0.29) is 5.75 Å². The van der Waals surface area contributed by atoms with Gasteiger partial charge in [0.25, 0.3) is 0 Å². The summed E-state index contributed by atoms with van der Waals surface area (Å²) in [7, 11) is 0. The van der Waals surface area contributed by atoms with Crippen molar-refractivity contribution in [1.29, 1.82) is 0 Å². The predicted octanol–water partition coefficient (Wildman–Crippen LogP) is 1.45. The van der Waals surface area contributed by atoms with Gasteiger partial charge >= 0.3 is 0 Å². The van der Waals surface area contributed by atoms with Gasteiger partial charge in [0.1, 0.15) is 11.5 Å². The van der Waals surface area contributed by atoms with Crippen LogP contribution in [0.15, 0.2) is 36.7 Å². The Morgan fingerprint density at radius 1 is 1.18 bits per heavy atom. The number of rotatable bonds is 3. The van der Waals surface area contributed by atoms with Gasteiger partial charge in [-0.15, -0.1) is 0 Å². The van der Waals surface area contributed by atoms with Crippen LogP contribution in [-0.2, 0) is 16.8 Å². The van der Waals surface area contributed by atoms with Crippen LogP contribution in [0, 0.1) is 0 Å². The van der Waals surface area contributed by atoms with Crippen LogP contribution in [0.4, 0.5) is 5.82 Å². The Bertz CT molecular complexity index is 543. The summed E-state index contributed by atoms with van der Waals surface area (Å²) in [6, 6.07) is 7.17. The molecule has 2 rings (SSSR count). The third-order valence-electron chi connectivity index (χ3n) is 2.24. The quantitative estimate of drug-likeness (QED) is 0.803. The van der Waals surface area contributed by atoms with Crippen LogP contribution in [-0.4, -0.2) is 18.7 Å². The van der Waals surface area contributed by atoms with Crippen LogP contribution in [0.5, 0.6) is 0 Å². The Labute approximate surface area is 101 Å². The highest BCUT2D eigenvalue weighted by Gasteiger charge is 2.05. The molecule has 6 heteroatoms. The normalized spacial score (nSPS) is 12.3. The Morgan fingerprint density at radius 2 is 1.82 bits per heavy atom. The largest absolute Gasteiger partial charge is 0.382 e. The average molecular weight is 249 g/mol. The van der Waals surface area contributed by atoms with Gasteiger partial charge < -0.3 is 10.3 Å². The minimum Gasteiger partial charge on any atom is -0.382 e. The van der Waals surface area contributed by atoms with Gasteiger partial charge in [0, 0.05) is 18.0 Å². The van der Waals surface area contributed by atoms with Crippen molar-refractivity contribution in [1.82, 2.24) is 9.97 Å². The van der Waals surface area contributed by atoms with E-state index in [1.165, 1.54) is 6.20 Å². The van der Waals surface area contributed by atoms with Gasteiger partial charge in [0.05, 0.1) is 5.75 Å². The molecule has 0 fully saturated rings. The van der Waals surface area contributed by atoms with Crippen LogP contribution >= 0.6 is 0 Å². The molecule has 1 unspecified atom stereocenters. The second-order valence-electron chi connectivity index (χ2n) is 3.45. The number of hydrogen-bond donors (Lipinski definition) is 2. The second kappa shape index (κ2) is 5.03. The van der Waals surface area contributed by atoms with Crippen LogP contribution in [0.3, 0.4) is 0 Å². The van der Waals surface area contributed by atoms with E-state index in [0.29, 0.717) is 11.5 Å². The average Bonchev–Trinajstić information content (AvgIpc) is 2.30. The molecule has 1 atom stereocenters. The predicted molar refractivity (Wildman–Crippen MR) is 66.4 cm³/mol. The van der Waals surface area contributed by atoms with E-state index in [9.17, 15) is 4.21 Å². The first-order chi connectivity index (χ1) is 8.16. The molecule has 0 bridgehead atoms. The lowest BCUT2D eigenvalue weighted by Gasteiger charge is -2.04. The fourth-order valence-corrected chi connectivity index (χ4v) is 1.95. The molecule has 1 aromatic carbocycles. The summed E-state index contributed by atoms with van der Waals surface area (Å²) in [6.07, 6.45) is 3.10. The van der Waals surface area contributed by atoms with Crippen molar-refractivity contribution in [2.45, 2.75) is 5.75 Å². The topological polar surface area (TPSA) is 89.1 Å². The number of hydrogen-bond acceptors (Lipinski definition) is 4. The zero-order chi connectivity index (χ0) is 12.3. The van der Waals surface area contributed by atoms with E-state index >= 15 is 0 Å². The maximum absolute atomic E-state index is 10.6. The van der Waals surface area contributed by atoms with Crippen LogP contribution in [0.25, 0.3) is 11.3 Å². The van der Waals surface area contributed by atoms with Gasteiger partial charge in [-0.25, -0.2) is 9.19 Å². The standard InChI is InChI=1S/C11H11N3O2S/c12-11-10(13-5-6-14-11)9-3-1-8(2-4-9)7-17(15)16/h1-6H,7H2,(H2,12,14)(H,15,16). The number of anilines is 1. The molecule has 0 spiro atoms. The maximum atomic E-state index is 10.6. The van der Waals surface area contributed by atoms with E-state index < -0.39 is 11.1 Å². The van der Waals surface area contributed by atoms with Crippen molar-refractivity contribution in [3.8, 4) is 11.3 Å². The third-order valence-corrected chi connectivity index (χ3v) is 2.82. The molecule has 1 heterocycles. The van der Waals surface area contributed by atoms with E-state index in [1.54, 1.807) is 18.3 Å². The highest BCUT2D eigenvalue weighted by Crippen LogP contribution is 2.21. The Kier molecular flexibility index (Phi) is 3.46. The summed E-state index contributed by atoms with van der Waals surface area (Å²) in [5.74, 6) is 0.488. The molecule has 0 aliphatic carbocycles. The molecular weight excluding hydrogens is 238 g/mol. The molecule has 0 saturated carbocycles. The highest BCUT2D eigenvalue weighted by atomic mass is 32.2. The number of nitrogens with zero attached hydrogens (tertiary/aromatic N) is 2. The Morgan fingerprint density at radius 3 is 2.41 bits per heavy atom. The van der Waals surface area contributed by atoms with Crippen molar-refractivity contribution < 1.29 is 8.76 Å². The minimum absolute atomic E-state index is 0.121. The number of benzene rings is 1. The number of aromatic nitrogens is 2. The SMILES string of the molecule is Nc1nccnc1-c1ccc(CS(=O)O)cc1. The van der Waals surface area contributed by atoms with Crippen LogP contribution in [0.2, 0.25) is 0 Å². The Balaban J connectivity index is 2.30. The summed E-state index contributed by atoms with van der Waals surface area (Å²) >= 11 is -1.82. The Hall–Kier alpha value is -1.79. The monoisotopic (exact) mass is 249 g/mol. The molecule has 0 saturated heterocycles. The molecule has 1 aromatic heterocycles. The summed E-state index contributed by atoms with van der Waals surface area (Å²) in [5.41, 5.74) is 7.95. The highest BCUT2D eigenvalue weighted by molar-refractivity contribution is 7.78. The van der Waals surface area contributed by atoms with Gasteiger partial charge in [0.2, 0.25) is 0 Å². The van der Waals surface area contributed by atoms with E-state index in [1.807, 2.05) is 12.1 Å². The first-order valence-corrected chi connectivity index (χ1v) is 6.17. The molecule has 0 radical (unpaired) electrons. The van der Waals surface area contributed by atoms with Crippen molar-refractivity contribution >= 4 is 16.9 Å². The molecule has 17 heavy (non-hydrogen) atoms. The van der Waals surface area contributed by atoms with Gasteiger partial charge in [-0.05, 0) is 5.56 Å². The molecule has 0 amide bonds. The number of nitrogens with two attached hydrogens (primary N) is 1. The zero-order valence-corrected chi connectivity index (χ0v) is 9.72. The summed E-state index contributed by atoms with van der Waals surface area (Å²) in [5, 5.41) is 0. The van der Waals surface area contributed by atoms with E-state index in [0.717, 1.165) is 11.1 Å². The smallest absolute Gasteiger partial charge is 0.157 e. The molecular formula is C11H11N3O2S. The fraction of sp³-hybridized carbons (Fsp3) is 0.0909. The minimum atomic E-state index is -1.82. The molecule has 88 valence electrons. The van der Waals surface area contributed by atoms with Gasteiger partial charge in [-0.2, -0.15) is 0 Å². The summed E-state index contributed by atoms with van der Waals surface area (Å²) < 4.78 is 19.4. The van der Waals surface area contributed by atoms with Gasteiger partial charge in [0.15, 0.2) is 11.1 Å². The first-order valence-electron chi connectivity index (χ1n) is 4.90. The molecule has 0 aliphatic heterocycles. The lowest BCUT2D eigenvalue weighted by atomic mass is 10.1. The maximum Gasteiger partial charge on any atom is 0.157 e. The molecule has 5 nitrogen and oxygen atoms in total. The van der Waals surface area contributed by atoms with Gasteiger partial charge in [-0.1, -0.05) is 24.3 Å². The third kappa shape index (κ3) is 2.86. The number of nitrogen functional groups attached to an aromatic ring is 1. The molecule has 2 aromatic rings. The van der Waals surface area contributed by atoms with Crippen LogP contribution < -0.4 is 5.73 Å². The van der Waals surface area contributed by atoms with Crippen molar-refractivity contribution in [2.24, 2.45) is 0 Å². The van der Waals surface area contributed by atoms with E-state index in [4.69, 9.17) is 10.3 Å². The van der Waals surface area contributed by atoms with Gasteiger partial charge in [-0.3, -0.25) is 4.98 Å². The fourth-order valence-electron chi connectivity index (χ4n) is 1.47. The zero-order valence-electron chi connectivity index (χ0n) is 8.91. The lowest BCUT2D eigenvalue weighted by Crippen LogP contribution is -1.97. The first kappa shape index (κ1) is 11.7. The van der Waals surface area contributed by atoms with Crippen molar-refractivity contribution in [3.63, 3.8) is 0 Å². The van der Waals surface area contributed by atoms with Crippen LogP contribution in [0.1, 0.15) is 5.56 Å². The van der Waals surface area contributed by atoms with Crippen molar-refractivity contribution in [3.05, 3.63) is 42.2 Å². The van der Waals surface area contributed by atoms with E-state index in [2.05, 4.69) is 9.97 Å². The molecule has 0 aliphatic rings. The lowest BCUT2D eigenvalue weighted by molar-refractivity contribution is 0.563. The second-order valence-corrected chi connectivity index (χ2v) is 4.38. The van der Waals surface area contributed by atoms with Crippen molar-refractivity contribution in [2.75, 3.05) is 5.73 Å². The molecule has 3 N–H and O–H groups in total. The summed E-state index contributed by atoms with van der Waals surface area (Å²) in [4.78, 5) is 8.10.